The molecule has 0 saturated heterocycles. The van der Waals surface area contributed by atoms with E-state index >= 15 is 0 Å². The molecule has 2 heterocycles. The van der Waals surface area contributed by atoms with Crippen molar-refractivity contribution < 1.29 is 9.47 Å². The van der Waals surface area contributed by atoms with Crippen molar-refractivity contribution in [2.45, 2.75) is 6.42 Å². The second-order valence-electron chi connectivity index (χ2n) is 5.66. The third kappa shape index (κ3) is 3.10. The zero-order chi connectivity index (χ0) is 17.2. The van der Waals surface area contributed by atoms with Gasteiger partial charge in [-0.05, 0) is 29.3 Å². The summed E-state index contributed by atoms with van der Waals surface area (Å²) in [4.78, 5) is 8.80. The van der Waals surface area contributed by atoms with Crippen molar-refractivity contribution in [3.05, 3.63) is 59.4 Å². The SMILES string of the molecule is COc1cc(-c2cnc(Nc3cccc4c3OCC4)nc2)ccc1Cl. The summed E-state index contributed by atoms with van der Waals surface area (Å²) < 4.78 is 10.9. The van der Waals surface area contributed by atoms with E-state index < -0.39 is 0 Å². The van der Waals surface area contributed by atoms with Gasteiger partial charge in [0, 0.05) is 24.4 Å². The zero-order valence-electron chi connectivity index (χ0n) is 13.6. The van der Waals surface area contributed by atoms with Crippen molar-refractivity contribution in [1.29, 1.82) is 0 Å². The lowest BCUT2D eigenvalue weighted by atomic mass is 10.1. The average Bonchev–Trinajstić information content (AvgIpc) is 3.13. The van der Waals surface area contributed by atoms with Gasteiger partial charge in [0.25, 0.3) is 0 Å². The minimum absolute atomic E-state index is 0.522. The molecule has 6 heteroatoms. The van der Waals surface area contributed by atoms with Crippen LogP contribution in [-0.2, 0) is 6.42 Å². The summed E-state index contributed by atoms with van der Waals surface area (Å²) in [6.45, 7) is 0.715. The minimum Gasteiger partial charge on any atom is -0.495 e. The van der Waals surface area contributed by atoms with E-state index in [2.05, 4.69) is 21.4 Å². The molecular weight excluding hydrogens is 338 g/mol. The van der Waals surface area contributed by atoms with Gasteiger partial charge in [0.05, 0.1) is 24.4 Å². The second-order valence-corrected chi connectivity index (χ2v) is 6.07. The van der Waals surface area contributed by atoms with Crippen LogP contribution in [0.1, 0.15) is 5.56 Å². The lowest BCUT2D eigenvalue weighted by Crippen LogP contribution is -1.99. The van der Waals surface area contributed by atoms with Gasteiger partial charge >= 0.3 is 0 Å². The molecule has 0 radical (unpaired) electrons. The molecule has 5 nitrogen and oxygen atoms in total. The number of hydrogen-bond donors (Lipinski definition) is 1. The Morgan fingerprint density at radius 3 is 2.76 bits per heavy atom. The van der Waals surface area contributed by atoms with Gasteiger partial charge in [0.2, 0.25) is 5.95 Å². The van der Waals surface area contributed by atoms with Crippen LogP contribution in [0.15, 0.2) is 48.8 Å². The maximum Gasteiger partial charge on any atom is 0.227 e. The van der Waals surface area contributed by atoms with Crippen molar-refractivity contribution in [3.63, 3.8) is 0 Å². The number of ether oxygens (including phenoxy) is 2. The van der Waals surface area contributed by atoms with Gasteiger partial charge in [-0.25, -0.2) is 9.97 Å². The maximum absolute atomic E-state index is 6.07. The van der Waals surface area contributed by atoms with E-state index in [1.165, 1.54) is 5.56 Å². The molecule has 1 aliphatic rings. The van der Waals surface area contributed by atoms with E-state index in [1.807, 2.05) is 24.3 Å². The van der Waals surface area contributed by atoms with E-state index in [9.17, 15) is 0 Å². The summed E-state index contributed by atoms with van der Waals surface area (Å²) in [5, 5.41) is 3.79. The highest BCUT2D eigenvalue weighted by Gasteiger charge is 2.16. The number of halogens is 1. The van der Waals surface area contributed by atoms with E-state index in [-0.39, 0.29) is 0 Å². The Labute approximate surface area is 150 Å². The van der Waals surface area contributed by atoms with Crippen LogP contribution < -0.4 is 14.8 Å². The number of benzene rings is 2. The molecule has 0 amide bonds. The molecule has 1 N–H and O–H groups in total. The molecule has 25 heavy (non-hydrogen) atoms. The normalized spacial score (nSPS) is 12.4. The van der Waals surface area contributed by atoms with E-state index in [0.717, 1.165) is 29.0 Å². The molecule has 0 aliphatic carbocycles. The molecule has 4 rings (SSSR count). The van der Waals surface area contributed by atoms with Crippen molar-refractivity contribution in [1.82, 2.24) is 9.97 Å². The summed E-state index contributed by atoms with van der Waals surface area (Å²) in [5.74, 6) is 2.03. The van der Waals surface area contributed by atoms with Gasteiger partial charge in [0.15, 0.2) is 0 Å². The monoisotopic (exact) mass is 353 g/mol. The number of rotatable bonds is 4. The van der Waals surface area contributed by atoms with Crippen LogP contribution in [0.2, 0.25) is 5.02 Å². The highest BCUT2D eigenvalue weighted by Crippen LogP contribution is 2.35. The Kier molecular flexibility index (Phi) is 4.15. The fourth-order valence-corrected chi connectivity index (χ4v) is 3.01. The second kappa shape index (κ2) is 6.61. The summed E-state index contributed by atoms with van der Waals surface area (Å²) in [6.07, 6.45) is 4.47. The predicted molar refractivity (Wildman–Crippen MR) is 98.0 cm³/mol. The topological polar surface area (TPSA) is 56.3 Å². The summed E-state index contributed by atoms with van der Waals surface area (Å²) >= 11 is 6.07. The Bertz CT molecular complexity index is 913. The quantitative estimate of drug-likeness (QED) is 0.749. The van der Waals surface area contributed by atoms with Crippen molar-refractivity contribution in [2.75, 3.05) is 19.0 Å². The fourth-order valence-electron chi connectivity index (χ4n) is 2.82. The van der Waals surface area contributed by atoms with E-state index in [4.69, 9.17) is 21.1 Å². The molecular formula is C19H16ClN3O2. The Hall–Kier alpha value is -2.79. The molecule has 1 aliphatic heterocycles. The predicted octanol–water partition coefficient (Wildman–Crippen LogP) is 4.48. The van der Waals surface area contributed by atoms with Crippen LogP contribution in [0.25, 0.3) is 11.1 Å². The molecule has 0 bridgehead atoms. The van der Waals surface area contributed by atoms with Crippen molar-refractivity contribution >= 4 is 23.2 Å². The number of nitrogens with zero attached hydrogens (tertiary/aromatic N) is 2. The molecule has 3 aromatic rings. The molecule has 2 aromatic carbocycles. The third-order valence-electron chi connectivity index (χ3n) is 4.10. The van der Waals surface area contributed by atoms with Crippen LogP contribution in [-0.4, -0.2) is 23.7 Å². The minimum atomic E-state index is 0.522. The first-order valence-electron chi connectivity index (χ1n) is 7.92. The fraction of sp³-hybridized carbons (Fsp3) is 0.158. The number of hydrogen-bond acceptors (Lipinski definition) is 5. The van der Waals surface area contributed by atoms with Crippen LogP contribution >= 0.6 is 11.6 Å². The first-order valence-corrected chi connectivity index (χ1v) is 8.30. The van der Waals surface area contributed by atoms with Crippen molar-refractivity contribution in [3.8, 4) is 22.6 Å². The molecule has 126 valence electrons. The van der Waals surface area contributed by atoms with E-state index in [0.29, 0.717) is 23.3 Å². The highest BCUT2D eigenvalue weighted by atomic mass is 35.5. The first-order chi connectivity index (χ1) is 12.2. The van der Waals surface area contributed by atoms with Gasteiger partial charge in [-0.15, -0.1) is 0 Å². The molecule has 0 atom stereocenters. The number of aromatic nitrogens is 2. The smallest absolute Gasteiger partial charge is 0.227 e. The Morgan fingerprint density at radius 2 is 1.96 bits per heavy atom. The zero-order valence-corrected chi connectivity index (χ0v) is 14.4. The molecule has 0 fully saturated rings. The maximum atomic E-state index is 6.07. The largest absolute Gasteiger partial charge is 0.495 e. The first kappa shape index (κ1) is 15.7. The average molecular weight is 354 g/mol. The highest BCUT2D eigenvalue weighted by molar-refractivity contribution is 6.32. The Morgan fingerprint density at radius 1 is 1.12 bits per heavy atom. The number of fused-ring (bicyclic) bond motifs is 1. The van der Waals surface area contributed by atoms with Gasteiger partial charge in [-0.2, -0.15) is 0 Å². The number of nitrogens with one attached hydrogen (secondary N) is 1. The van der Waals surface area contributed by atoms with Crippen LogP contribution in [0, 0.1) is 0 Å². The Balaban J connectivity index is 1.58. The lowest BCUT2D eigenvalue weighted by Gasteiger charge is -2.10. The van der Waals surface area contributed by atoms with E-state index in [1.54, 1.807) is 25.6 Å². The van der Waals surface area contributed by atoms with Gasteiger partial charge in [-0.1, -0.05) is 29.8 Å². The standard InChI is InChI=1S/C19H16ClN3O2/c1-24-17-9-13(5-6-15(17)20)14-10-21-19(22-11-14)23-16-4-2-3-12-7-8-25-18(12)16/h2-6,9-11H,7-8H2,1H3,(H,21,22,23). The molecule has 1 aromatic heterocycles. The van der Waals surface area contributed by atoms with Crippen molar-refractivity contribution in [2.24, 2.45) is 0 Å². The third-order valence-corrected chi connectivity index (χ3v) is 4.41. The number of anilines is 2. The molecule has 0 saturated carbocycles. The number of methoxy groups -OCH3 is 1. The lowest BCUT2D eigenvalue weighted by molar-refractivity contribution is 0.358. The summed E-state index contributed by atoms with van der Waals surface area (Å²) in [5.41, 5.74) is 3.91. The molecule has 0 unspecified atom stereocenters. The van der Waals surface area contributed by atoms with Gasteiger partial charge in [0.1, 0.15) is 11.5 Å². The summed E-state index contributed by atoms with van der Waals surface area (Å²) in [7, 11) is 1.59. The van der Waals surface area contributed by atoms with Crippen LogP contribution in [0.5, 0.6) is 11.5 Å². The van der Waals surface area contributed by atoms with Crippen LogP contribution in [0.4, 0.5) is 11.6 Å². The van der Waals surface area contributed by atoms with Gasteiger partial charge in [-0.3, -0.25) is 0 Å². The summed E-state index contributed by atoms with van der Waals surface area (Å²) in [6, 6.07) is 11.6. The number of para-hydroxylation sites is 1. The van der Waals surface area contributed by atoms with Crippen LogP contribution in [0.3, 0.4) is 0 Å². The van der Waals surface area contributed by atoms with Gasteiger partial charge < -0.3 is 14.8 Å². The molecule has 0 spiro atoms.